The number of anilines is 2. The van der Waals surface area contributed by atoms with Crippen molar-refractivity contribution in [3.63, 3.8) is 0 Å². The van der Waals surface area contributed by atoms with Crippen LogP contribution < -0.4 is 10.6 Å². The number of halogens is 1. The van der Waals surface area contributed by atoms with Gasteiger partial charge in [-0.2, -0.15) is 0 Å². The lowest BCUT2D eigenvalue weighted by Gasteiger charge is -2.20. The molecule has 1 aromatic heterocycles. The molecule has 0 saturated heterocycles. The van der Waals surface area contributed by atoms with Gasteiger partial charge in [-0.05, 0) is 40.5 Å². The quantitative estimate of drug-likeness (QED) is 0.883. The molecule has 94 valence electrons. The van der Waals surface area contributed by atoms with Crippen LogP contribution in [0.25, 0.3) is 0 Å². The second-order valence-corrected chi connectivity index (χ2v) is 4.88. The summed E-state index contributed by atoms with van der Waals surface area (Å²) in [5.41, 5.74) is 7.71. The van der Waals surface area contributed by atoms with E-state index >= 15 is 0 Å². The smallest absolute Gasteiger partial charge is 0.225 e. The minimum atomic E-state index is 0.725. The third-order valence-electron chi connectivity index (χ3n) is 2.60. The molecule has 4 nitrogen and oxygen atoms in total. The van der Waals surface area contributed by atoms with E-state index in [1.807, 2.05) is 18.2 Å². The number of aromatic nitrogens is 2. The minimum absolute atomic E-state index is 0.725. The van der Waals surface area contributed by atoms with Gasteiger partial charge in [-0.3, -0.25) is 0 Å². The summed E-state index contributed by atoms with van der Waals surface area (Å²) in [7, 11) is 0. The van der Waals surface area contributed by atoms with Crippen LogP contribution in [0.2, 0.25) is 0 Å². The first-order valence-electron chi connectivity index (χ1n) is 5.76. The molecule has 0 spiro atoms. The lowest BCUT2D eigenvalue weighted by molar-refractivity contribution is 0.791. The topological polar surface area (TPSA) is 55.0 Å². The van der Waals surface area contributed by atoms with Gasteiger partial charge >= 0.3 is 0 Å². The summed E-state index contributed by atoms with van der Waals surface area (Å²) in [6.07, 6.45) is 3.51. The molecule has 5 heteroatoms. The van der Waals surface area contributed by atoms with E-state index in [0.29, 0.717) is 0 Å². The van der Waals surface area contributed by atoms with Gasteiger partial charge in [0.05, 0.1) is 4.47 Å². The Bertz CT molecular complexity index is 513. The van der Waals surface area contributed by atoms with E-state index in [4.69, 9.17) is 5.73 Å². The second kappa shape index (κ2) is 5.82. The van der Waals surface area contributed by atoms with Crippen LogP contribution in [-0.4, -0.2) is 16.5 Å². The van der Waals surface area contributed by atoms with Crippen molar-refractivity contribution < 1.29 is 0 Å². The Balaban J connectivity index is 2.17. The molecule has 0 fully saturated rings. The summed E-state index contributed by atoms with van der Waals surface area (Å²) >= 11 is 3.33. The van der Waals surface area contributed by atoms with E-state index in [0.717, 1.165) is 34.8 Å². The molecule has 0 atom stereocenters. The van der Waals surface area contributed by atoms with Gasteiger partial charge in [0.25, 0.3) is 0 Å². The molecule has 0 saturated carbocycles. The van der Waals surface area contributed by atoms with Crippen molar-refractivity contribution in [2.45, 2.75) is 13.5 Å². The number of nitrogen functional groups attached to an aromatic ring is 1. The average molecular weight is 307 g/mol. The summed E-state index contributed by atoms with van der Waals surface area (Å²) in [4.78, 5) is 10.7. The average Bonchev–Trinajstić information content (AvgIpc) is 2.37. The normalized spacial score (nSPS) is 10.3. The fourth-order valence-corrected chi connectivity index (χ4v) is 1.91. The lowest BCUT2D eigenvalue weighted by atomic mass is 10.2. The molecule has 0 amide bonds. The van der Waals surface area contributed by atoms with Gasteiger partial charge in [0.2, 0.25) is 5.95 Å². The SMILES string of the molecule is CCN(Cc1cccc(N)c1)c1ncc(Br)cn1. The van der Waals surface area contributed by atoms with Crippen LogP contribution in [0.15, 0.2) is 41.1 Å². The van der Waals surface area contributed by atoms with Crippen molar-refractivity contribution in [3.8, 4) is 0 Å². The van der Waals surface area contributed by atoms with Crippen molar-refractivity contribution in [2.24, 2.45) is 0 Å². The summed E-state index contributed by atoms with van der Waals surface area (Å²) in [6.45, 7) is 3.68. The van der Waals surface area contributed by atoms with E-state index in [1.165, 1.54) is 0 Å². The summed E-state index contributed by atoms with van der Waals surface area (Å²) < 4.78 is 0.881. The maximum atomic E-state index is 5.78. The molecule has 0 unspecified atom stereocenters. The molecule has 0 aliphatic rings. The summed E-state index contributed by atoms with van der Waals surface area (Å²) in [5, 5.41) is 0. The van der Waals surface area contributed by atoms with Crippen LogP contribution in [-0.2, 0) is 6.54 Å². The third kappa shape index (κ3) is 3.20. The molecule has 18 heavy (non-hydrogen) atoms. The Labute approximate surface area is 115 Å². The molecule has 0 aliphatic carbocycles. The van der Waals surface area contributed by atoms with Crippen molar-refractivity contribution in [1.29, 1.82) is 0 Å². The second-order valence-electron chi connectivity index (χ2n) is 3.96. The highest BCUT2D eigenvalue weighted by atomic mass is 79.9. The highest BCUT2D eigenvalue weighted by Crippen LogP contribution is 2.15. The first kappa shape index (κ1) is 12.8. The molecule has 0 bridgehead atoms. The predicted octanol–water partition coefficient (Wildman–Crippen LogP) is 2.85. The Morgan fingerprint density at radius 3 is 2.61 bits per heavy atom. The molecule has 2 aromatic rings. The fourth-order valence-electron chi connectivity index (χ4n) is 1.70. The fraction of sp³-hybridized carbons (Fsp3) is 0.231. The van der Waals surface area contributed by atoms with Crippen LogP contribution in [0.4, 0.5) is 11.6 Å². The van der Waals surface area contributed by atoms with Gasteiger partial charge in [-0.25, -0.2) is 9.97 Å². The molecule has 1 aromatic carbocycles. The van der Waals surface area contributed by atoms with E-state index in [-0.39, 0.29) is 0 Å². The van der Waals surface area contributed by atoms with Crippen LogP contribution in [0.1, 0.15) is 12.5 Å². The monoisotopic (exact) mass is 306 g/mol. The van der Waals surface area contributed by atoms with Gasteiger partial charge in [-0.15, -0.1) is 0 Å². The molecular weight excluding hydrogens is 292 g/mol. The van der Waals surface area contributed by atoms with Crippen LogP contribution in [0.5, 0.6) is 0 Å². The Hall–Kier alpha value is -1.62. The van der Waals surface area contributed by atoms with Crippen molar-refractivity contribution >= 4 is 27.6 Å². The van der Waals surface area contributed by atoms with E-state index in [9.17, 15) is 0 Å². The predicted molar refractivity (Wildman–Crippen MR) is 77.3 cm³/mol. The molecule has 2 rings (SSSR count). The van der Waals surface area contributed by atoms with Gasteiger partial charge in [0.1, 0.15) is 0 Å². The van der Waals surface area contributed by atoms with Crippen molar-refractivity contribution in [1.82, 2.24) is 9.97 Å². The molecular formula is C13H15BrN4. The first-order chi connectivity index (χ1) is 8.69. The lowest BCUT2D eigenvalue weighted by Crippen LogP contribution is -2.24. The van der Waals surface area contributed by atoms with Gasteiger partial charge in [0.15, 0.2) is 0 Å². The minimum Gasteiger partial charge on any atom is -0.399 e. The molecule has 2 N–H and O–H groups in total. The van der Waals surface area contributed by atoms with Gasteiger partial charge in [0, 0.05) is 31.2 Å². The zero-order chi connectivity index (χ0) is 13.0. The maximum Gasteiger partial charge on any atom is 0.225 e. The van der Waals surface area contributed by atoms with Crippen LogP contribution in [0.3, 0.4) is 0 Å². The summed E-state index contributed by atoms with van der Waals surface area (Å²) in [5.74, 6) is 0.725. The zero-order valence-electron chi connectivity index (χ0n) is 10.2. The highest BCUT2D eigenvalue weighted by Gasteiger charge is 2.08. The number of benzene rings is 1. The van der Waals surface area contributed by atoms with E-state index in [2.05, 4.69) is 43.8 Å². The summed E-state index contributed by atoms with van der Waals surface area (Å²) in [6, 6.07) is 7.87. The van der Waals surface area contributed by atoms with Crippen LogP contribution in [0, 0.1) is 0 Å². The number of rotatable bonds is 4. The van der Waals surface area contributed by atoms with Crippen molar-refractivity contribution in [2.75, 3.05) is 17.2 Å². The number of nitrogens with two attached hydrogens (primary N) is 1. The van der Waals surface area contributed by atoms with E-state index in [1.54, 1.807) is 12.4 Å². The molecule has 0 radical (unpaired) electrons. The van der Waals surface area contributed by atoms with Crippen LogP contribution >= 0.6 is 15.9 Å². The molecule has 1 heterocycles. The molecule has 0 aliphatic heterocycles. The zero-order valence-corrected chi connectivity index (χ0v) is 11.8. The van der Waals surface area contributed by atoms with Gasteiger partial charge in [-0.1, -0.05) is 12.1 Å². The standard InChI is InChI=1S/C13H15BrN4/c1-2-18(13-16-7-11(14)8-17-13)9-10-4-3-5-12(15)6-10/h3-8H,2,9,15H2,1H3. The maximum absolute atomic E-state index is 5.78. The van der Waals surface area contributed by atoms with Crippen molar-refractivity contribution in [3.05, 3.63) is 46.7 Å². The first-order valence-corrected chi connectivity index (χ1v) is 6.55. The van der Waals surface area contributed by atoms with E-state index < -0.39 is 0 Å². The third-order valence-corrected chi connectivity index (χ3v) is 3.01. The Morgan fingerprint density at radius 1 is 1.28 bits per heavy atom. The number of nitrogens with zero attached hydrogens (tertiary/aromatic N) is 3. The van der Waals surface area contributed by atoms with Gasteiger partial charge < -0.3 is 10.6 Å². The number of hydrogen-bond acceptors (Lipinski definition) is 4. The highest BCUT2D eigenvalue weighted by molar-refractivity contribution is 9.10. The Kier molecular flexibility index (Phi) is 4.15. The Morgan fingerprint density at radius 2 is 2.00 bits per heavy atom. The largest absolute Gasteiger partial charge is 0.399 e. The number of hydrogen-bond donors (Lipinski definition) is 1.